The summed E-state index contributed by atoms with van der Waals surface area (Å²) in [5.41, 5.74) is 2.77. The van der Waals surface area contributed by atoms with Gasteiger partial charge in [-0.1, -0.05) is 24.3 Å². The average molecular weight is 245 g/mol. The lowest BCUT2D eigenvalue weighted by molar-refractivity contribution is -0.121. The van der Waals surface area contributed by atoms with E-state index in [1.54, 1.807) is 0 Å². The number of carbonyl (C=O) groups is 1. The van der Waals surface area contributed by atoms with Crippen LogP contribution in [0.2, 0.25) is 0 Å². The number of nitrogens with zero attached hydrogens (tertiary/aromatic N) is 1. The maximum absolute atomic E-state index is 11.4. The second-order valence-electron chi connectivity index (χ2n) is 5.64. The van der Waals surface area contributed by atoms with Crippen LogP contribution in [-0.4, -0.2) is 24.8 Å². The molecule has 0 aromatic heterocycles. The van der Waals surface area contributed by atoms with Gasteiger partial charge in [-0.2, -0.15) is 0 Å². The van der Waals surface area contributed by atoms with Crippen molar-refractivity contribution >= 4 is 5.78 Å². The molecule has 2 rings (SSSR count). The number of rotatable bonds is 3. The minimum Gasteiger partial charge on any atom is -0.302 e. The molecule has 0 saturated heterocycles. The Morgan fingerprint density at radius 3 is 2.33 bits per heavy atom. The predicted octanol–water partition coefficient (Wildman–Crippen LogP) is 3.36. The van der Waals surface area contributed by atoms with Gasteiger partial charge in [0, 0.05) is 18.9 Å². The van der Waals surface area contributed by atoms with Gasteiger partial charge in [-0.05, 0) is 50.9 Å². The van der Waals surface area contributed by atoms with E-state index >= 15 is 0 Å². The van der Waals surface area contributed by atoms with E-state index < -0.39 is 0 Å². The van der Waals surface area contributed by atoms with Crippen LogP contribution in [0.25, 0.3) is 0 Å². The van der Waals surface area contributed by atoms with E-state index in [-0.39, 0.29) is 0 Å². The molecule has 1 aliphatic rings. The molecule has 18 heavy (non-hydrogen) atoms. The van der Waals surface area contributed by atoms with Gasteiger partial charge in [-0.15, -0.1) is 0 Å². The van der Waals surface area contributed by atoms with Crippen molar-refractivity contribution < 1.29 is 4.79 Å². The van der Waals surface area contributed by atoms with Crippen LogP contribution in [0.3, 0.4) is 0 Å². The molecule has 1 aromatic rings. The topological polar surface area (TPSA) is 20.3 Å². The fourth-order valence-corrected chi connectivity index (χ4v) is 3.15. The van der Waals surface area contributed by atoms with Crippen molar-refractivity contribution in [1.82, 2.24) is 4.90 Å². The van der Waals surface area contributed by atoms with E-state index in [2.05, 4.69) is 50.2 Å². The molecule has 0 radical (unpaired) electrons. The van der Waals surface area contributed by atoms with Gasteiger partial charge < -0.3 is 4.90 Å². The molecule has 0 aliphatic heterocycles. The Morgan fingerprint density at radius 1 is 1.17 bits per heavy atom. The molecule has 1 aliphatic carbocycles. The maximum Gasteiger partial charge on any atom is 0.132 e. The molecule has 1 fully saturated rings. The standard InChI is InChI=1S/C16H23NO/c1-12-6-4-5-7-15(12)16(17(2)3)13-8-10-14(18)11-9-13/h4-7,13,16H,8-11H2,1-3H3. The second-order valence-corrected chi connectivity index (χ2v) is 5.64. The lowest BCUT2D eigenvalue weighted by Crippen LogP contribution is -2.31. The summed E-state index contributed by atoms with van der Waals surface area (Å²) in [5.74, 6) is 1.05. The molecule has 0 amide bonds. The van der Waals surface area contributed by atoms with Crippen LogP contribution in [0.15, 0.2) is 24.3 Å². The van der Waals surface area contributed by atoms with E-state index in [4.69, 9.17) is 0 Å². The quantitative estimate of drug-likeness (QED) is 0.814. The van der Waals surface area contributed by atoms with E-state index in [1.807, 2.05) is 0 Å². The summed E-state index contributed by atoms with van der Waals surface area (Å²) in [7, 11) is 4.29. The fourth-order valence-electron chi connectivity index (χ4n) is 3.15. The Hall–Kier alpha value is -1.15. The highest BCUT2D eigenvalue weighted by Crippen LogP contribution is 2.37. The van der Waals surface area contributed by atoms with Crippen LogP contribution in [0.1, 0.15) is 42.9 Å². The van der Waals surface area contributed by atoms with E-state index in [0.29, 0.717) is 17.7 Å². The normalized spacial score (nSPS) is 19.2. The second kappa shape index (κ2) is 5.66. The van der Waals surface area contributed by atoms with Crippen LogP contribution in [0.4, 0.5) is 0 Å². The summed E-state index contributed by atoms with van der Waals surface area (Å²) in [6.07, 6.45) is 3.60. The molecule has 2 nitrogen and oxygen atoms in total. The van der Waals surface area contributed by atoms with Gasteiger partial charge in [0.2, 0.25) is 0 Å². The largest absolute Gasteiger partial charge is 0.302 e. The van der Waals surface area contributed by atoms with Gasteiger partial charge in [0.05, 0.1) is 0 Å². The number of aryl methyl sites for hydroxylation is 1. The molecule has 98 valence electrons. The van der Waals surface area contributed by atoms with Crippen molar-refractivity contribution in [3.05, 3.63) is 35.4 Å². The molecule has 0 heterocycles. The van der Waals surface area contributed by atoms with Gasteiger partial charge in [0.15, 0.2) is 0 Å². The van der Waals surface area contributed by atoms with Crippen LogP contribution in [0.5, 0.6) is 0 Å². The van der Waals surface area contributed by atoms with Crippen LogP contribution in [0, 0.1) is 12.8 Å². The van der Waals surface area contributed by atoms with Crippen LogP contribution < -0.4 is 0 Å². The van der Waals surface area contributed by atoms with Crippen molar-refractivity contribution in [1.29, 1.82) is 0 Å². The van der Waals surface area contributed by atoms with E-state index in [9.17, 15) is 4.79 Å². The first-order valence-corrected chi connectivity index (χ1v) is 6.83. The first kappa shape index (κ1) is 13.3. The Morgan fingerprint density at radius 2 is 1.78 bits per heavy atom. The average Bonchev–Trinajstić information content (AvgIpc) is 2.34. The van der Waals surface area contributed by atoms with E-state index in [1.165, 1.54) is 11.1 Å². The third-order valence-corrected chi connectivity index (χ3v) is 4.10. The zero-order valence-corrected chi connectivity index (χ0v) is 11.6. The molecular formula is C16H23NO. The van der Waals surface area contributed by atoms with Gasteiger partial charge in [-0.3, -0.25) is 4.79 Å². The van der Waals surface area contributed by atoms with Crippen molar-refractivity contribution in [3.63, 3.8) is 0 Å². The summed E-state index contributed by atoms with van der Waals surface area (Å²) < 4.78 is 0. The highest BCUT2D eigenvalue weighted by molar-refractivity contribution is 5.79. The lowest BCUT2D eigenvalue weighted by atomic mass is 9.79. The highest BCUT2D eigenvalue weighted by atomic mass is 16.1. The lowest BCUT2D eigenvalue weighted by Gasteiger charge is -2.35. The molecule has 0 bridgehead atoms. The summed E-state index contributed by atoms with van der Waals surface area (Å²) in [6.45, 7) is 2.18. The zero-order chi connectivity index (χ0) is 13.1. The van der Waals surface area contributed by atoms with Crippen LogP contribution in [-0.2, 0) is 4.79 Å². The number of hydrogen-bond donors (Lipinski definition) is 0. The molecule has 1 aromatic carbocycles. The number of ketones is 1. The van der Waals surface area contributed by atoms with Crippen LogP contribution >= 0.6 is 0 Å². The third-order valence-electron chi connectivity index (χ3n) is 4.10. The summed E-state index contributed by atoms with van der Waals surface area (Å²) >= 11 is 0. The number of carbonyl (C=O) groups excluding carboxylic acids is 1. The van der Waals surface area contributed by atoms with Gasteiger partial charge in [0.25, 0.3) is 0 Å². The van der Waals surface area contributed by atoms with Crippen molar-refractivity contribution in [3.8, 4) is 0 Å². The van der Waals surface area contributed by atoms with Gasteiger partial charge in [-0.25, -0.2) is 0 Å². The number of benzene rings is 1. The van der Waals surface area contributed by atoms with Gasteiger partial charge >= 0.3 is 0 Å². The first-order valence-electron chi connectivity index (χ1n) is 6.83. The summed E-state index contributed by atoms with van der Waals surface area (Å²) in [6, 6.07) is 9.07. The third kappa shape index (κ3) is 2.81. The summed E-state index contributed by atoms with van der Waals surface area (Å²) in [4.78, 5) is 13.7. The molecule has 1 atom stereocenters. The predicted molar refractivity (Wildman–Crippen MR) is 74.6 cm³/mol. The van der Waals surface area contributed by atoms with Gasteiger partial charge in [0.1, 0.15) is 5.78 Å². The molecule has 1 unspecified atom stereocenters. The molecular weight excluding hydrogens is 222 g/mol. The Kier molecular flexibility index (Phi) is 4.18. The monoisotopic (exact) mass is 245 g/mol. The Bertz CT molecular complexity index is 415. The van der Waals surface area contributed by atoms with E-state index in [0.717, 1.165) is 25.7 Å². The molecule has 0 N–H and O–H groups in total. The Balaban J connectivity index is 2.24. The summed E-state index contributed by atoms with van der Waals surface area (Å²) in [5, 5.41) is 0. The fraction of sp³-hybridized carbons (Fsp3) is 0.562. The van der Waals surface area contributed by atoms with Crippen molar-refractivity contribution in [2.45, 2.75) is 38.6 Å². The maximum atomic E-state index is 11.4. The SMILES string of the molecule is Cc1ccccc1C(C1CCC(=O)CC1)N(C)C. The molecule has 0 spiro atoms. The first-order chi connectivity index (χ1) is 8.59. The highest BCUT2D eigenvalue weighted by Gasteiger charge is 2.29. The molecule has 1 saturated carbocycles. The number of Topliss-reactive ketones (excluding diaryl/α,β-unsaturated/α-hetero) is 1. The van der Waals surface area contributed by atoms with Crippen molar-refractivity contribution in [2.75, 3.05) is 14.1 Å². The smallest absolute Gasteiger partial charge is 0.132 e. The number of hydrogen-bond acceptors (Lipinski definition) is 2. The minimum atomic E-state index is 0.438. The Labute approximate surface area is 110 Å². The zero-order valence-electron chi connectivity index (χ0n) is 11.6. The van der Waals surface area contributed by atoms with Crippen molar-refractivity contribution in [2.24, 2.45) is 5.92 Å². The molecule has 2 heteroatoms. The minimum absolute atomic E-state index is 0.438.